The van der Waals surface area contributed by atoms with Gasteiger partial charge in [-0.15, -0.1) is 0 Å². The topological polar surface area (TPSA) is 59.8 Å². The molecule has 1 aliphatic heterocycles. The highest BCUT2D eigenvalue weighted by molar-refractivity contribution is 6.01. The summed E-state index contributed by atoms with van der Waals surface area (Å²) in [5.74, 6) is -0.687. The number of fused-ring (bicyclic) bond motifs is 1. The number of para-hydroxylation sites is 1. The molecule has 4 rings (SSSR count). The molecule has 2 heterocycles. The molecule has 2 atom stereocenters. The first kappa shape index (κ1) is 13.8. The molecule has 1 fully saturated rings. The molecular formula is C18H11FO4. The summed E-state index contributed by atoms with van der Waals surface area (Å²) in [6, 6.07) is 12.1. The molecule has 1 aliphatic rings. The maximum Gasteiger partial charge on any atom is 0.198 e. The summed E-state index contributed by atoms with van der Waals surface area (Å²) in [4.78, 5) is 24.8. The molecule has 0 unspecified atom stereocenters. The lowest BCUT2D eigenvalue weighted by Crippen LogP contribution is -2.13. The van der Waals surface area contributed by atoms with Crippen molar-refractivity contribution in [2.75, 3.05) is 0 Å². The molecule has 5 heteroatoms. The third-order valence-corrected chi connectivity index (χ3v) is 3.89. The summed E-state index contributed by atoms with van der Waals surface area (Å²) < 4.78 is 23.7. The zero-order valence-corrected chi connectivity index (χ0v) is 11.9. The van der Waals surface area contributed by atoms with Gasteiger partial charge >= 0.3 is 0 Å². The van der Waals surface area contributed by atoms with Crippen LogP contribution in [0.2, 0.25) is 0 Å². The van der Waals surface area contributed by atoms with E-state index in [-0.39, 0.29) is 11.2 Å². The molecule has 0 bridgehead atoms. The van der Waals surface area contributed by atoms with Gasteiger partial charge in [0.15, 0.2) is 17.3 Å². The van der Waals surface area contributed by atoms with E-state index in [0.717, 1.165) is 0 Å². The van der Waals surface area contributed by atoms with E-state index < -0.39 is 18.0 Å². The maximum absolute atomic E-state index is 12.9. The van der Waals surface area contributed by atoms with Crippen LogP contribution in [0, 0.1) is 5.82 Å². The minimum absolute atomic E-state index is 0.203. The van der Waals surface area contributed by atoms with Gasteiger partial charge in [-0.2, -0.15) is 0 Å². The smallest absolute Gasteiger partial charge is 0.198 e. The van der Waals surface area contributed by atoms with E-state index in [4.69, 9.17) is 9.15 Å². The van der Waals surface area contributed by atoms with Gasteiger partial charge in [0.25, 0.3) is 0 Å². The zero-order valence-electron chi connectivity index (χ0n) is 11.9. The van der Waals surface area contributed by atoms with Crippen LogP contribution >= 0.6 is 0 Å². The number of Topliss-reactive ketones (excluding diaryl/α,β-unsaturated/α-hetero) is 1. The van der Waals surface area contributed by atoms with Crippen molar-refractivity contribution in [1.82, 2.24) is 0 Å². The Morgan fingerprint density at radius 2 is 1.78 bits per heavy atom. The van der Waals surface area contributed by atoms with Gasteiger partial charge in [0.2, 0.25) is 0 Å². The Bertz CT molecular complexity index is 959. The largest absolute Gasteiger partial charge is 0.464 e. The number of carbonyl (C=O) groups is 1. The number of benzene rings is 2. The SMILES string of the molecule is O=C(c1ccc(F)cc1)[C@@H]1O[C@H]1c1coc2ccccc2c1=O. The minimum atomic E-state index is -0.732. The summed E-state index contributed by atoms with van der Waals surface area (Å²) in [5, 5.41) is 0.452. The lowest BCUT2D eigenvalue weighted by atomic mass is 10.0. The van der Waals surface area contributed by atoms with Gasteiger partial charge in [0.05, 0.1) is 10.9 Å². The van der Waals surface area contributed by atoms with Crippen molar-refractivity contribution in [3.63, 3.8) is 0 Å². The predicted octanol–water partition coefficient (Wildman–Crippen LogP) is 3.25. The number of ketones is 1. The number of hydrogen-bond donors (Lipinski definition) is 0. The number of ether oxygens (including phenoxy) is 1. The van der Waals surface area contributed by atoms with Crippen molar-refractivity contribution in [2.45, 2.75) is 12.2 Å². The molecule has 0 saturated carbocycles. The normalized spacial score (nSPS) is 19.7. The molecule has 0 N–H and O–H groups in total. The highest BCUT2D eigenvalue weighted by Crippen LogP contribution is 2.39. The van der Waals surface area contributed by atoms with E-state index >= 15 is 0 Å². The Balaban J connectivity index is 1.64. The van der Waals surface area contributed by atoms with Gasteiger partial charge in [-0.1, -0.05) is 12.1 Å². The summed E-state index contributed by atoms with van der Waals surface area (Å²) >= 11 is 0. The van der Waals surface area contributed by atoms with Crippen molar-refractivity contribution in [1.29, 1.82) is 0 Å². The van der Waals surface area contributed by atoms with E-state index in [9.17, 15) is 14.0 Å². The monoisotopic (exact) mass is 310 g/mol. The van der Waals surface area contributed by atoms with Gasteiger partial charge in [0.1, 0.15) is 23.8 Å². The average Bonchev–Trinajstić information content (AvgIpc) is 3.36. The fourth-order valence-electron chi connectivity index (χ4n) is 2.62. The van der Waals surface area contributed by atoms with Crippen molar-refractivity contribution in [2.24, 2.45) is 0 Å². The maximum atomic E-state index is 12.9. The molecule has 3 aromatic rings. The number of hydrogen-bond acceptors (Lipinski definition) is 4. The number of rotatable bonds is 3. The fourth-order valence-corrected chi connectivity index (χ4v) is 2.62. The Morgan fingerprint density at radius 1 is 1.04 bits per heavy atom. The van der Waals surface area contributed by atoms with Crippen LogP contribution in [0.25, 0.3) is 11.0 Å². The summed E-state index contributed by atoms with van der Waals surface area (Å²) in [7, 11) is 0. The lowest BCUT2D eigenvalue weighted by Gasteiger charge is -1.99. The highest BCUT2D eigenvalue weighted by Gasteiger charge is 2.48. The molecule has 1 saturated heterocycles. The van der Waals surface area contributed by atoms with Crippen molar-refractivity contribution < 1.29 is 18.3 Å². The number of halogens is 1. The molecule has 114 valence electrons. The van der Waals surface area contributed by atoms with E-state index in [1.165, 1.54) is 30.5 Å². The molecule has 0 spiro atoms. The van der Waals surface area contributed by atoms with Crippen molar-refractivity contribution in [3.05, 3.63) is 82.0 Å². The quantitative estimate of drug-likeness (QED) is 0.550. The Morgan fingerprint density at radius 3 is 2.57 bits per heavy atom. The van der Waals surface area contributed by atoms with Crippen LogP contribution in [0.3, 0.4) is 0 Å². The fraction of sp³-hybridized carbons (Fsp3) is 0.111. The number of epoxide rings is 1. The molecule has 0 radical (unpaired) electrons. The molecule has 4 nitrogen and oxygen atoms in total. The Labute approximate surface area is 130 Å². The van der Waals surface area contributed by atoms with Crippen LogP contribution in [-0.2, 0) is 4.74 Å². The molecule has 2 aromatic carbocycles. The second-order valence-electron chi connectivity index (χ2n) is 5.36. The molecule has 0 amide bonds. The van der Waals surface area contributed by atoms with E-state index in [1.54, 1.807) is 24.3 Å². The first-order chi connectivity index (χ1) is 11.1. The van der Waals surface area contributed by atoms with Gasteiger partial charge in [0, 0.05) is 5.56 Å². The van der Waals surface area contributed by atoms with Crippen LogP contribution in [0.15, 0.2) is 64.0 Å². The summed E-state index contributed by atoms with van der Waals surface area (Å²) in [5.41, 5.74) is 0.961. The van der Waals surface area contributed by atoms with Crippen LogP contribution in [0.5, 0.6) is 0 Å². The van der Waals surface area contributed by atoms with Gasteiger partial charge in [-0.05, 0) is 36.4 Å². The molecule has 23 heavy (non-hydrogen) atoms. The van der Waals surface area contributed by atoms with Crippen molar-refractivity contribution >= 4 is 16.8 Å². The van der Waals surface area contributed by atoms with Gasteiger partial charge in [-0.3, -0.25) is 9.59 Å². The first-order valence-electron chi connectivity index (χ1n) is 7.11. The van der Waals surface area contributed by atoms with Crippen LogP contribution in [0.4, 0.5) is 4.39 Å². The summed E-state index contributed by atoms with van der Waals surface area (Å²) in [6.45, 7) is 0. The lowest BCUT2D eigenvalue weighted by molar-refractivity contribution is 0.0953. The van der Waals surface area contributed by atoms with E-state index in [1.807, 2.05) is 0 Å². The Kier molecular flexibility index (Phi) is 3.09. The first-order valence-corrected chi connectivity index (χ1v) is 7.11. The molecule has 1 aromatic heterocycles. The van der Waals surface area contributed by atoms with Crippen LogP contribution in [-0.4, -0.2) is 11.9 Å². The minimum Gasteiger partial charge on any atom is -0.464 e. The standard InChI is InChI=1S/C18H11FO4/c19-11-7-5-10(6-8-11)15(20)18-17(23-18)13-9-22-14-4-2-1-3-12(14)16(13)21/h1-9,17-18H/t17-,18-/m0/s1. The van der Waals surface area contributed by atoms with Crippen molar-refractivity contribution in [3.8, 4) is 0 Å². The molecular weight excluding hydrogens is 299 g/mol. The number of carbonyl (C=O) groups excluding carboxylic acids is 1. The molecule has 0 aliphatic carbocycles. The predicted molar refractivity (Wildman–Crippen MR) is 80.8 cm³/mol. The van der Waals surface area contributed by atoms with E-state index in [0.29, 0.717) is 22.1 Å². The summed E-state index contributed by atoms with van der Waals surface area (Å²) in [6.07, 6.45) is -0.00859. The zero-order chi connectivity index (χ0) is 16.0. The van der Waals surface area contributed by atoms with Gasteiger partial charge < -0.3 is 9.15 Å². The third-order valence-electron chi connectivity index (χ3n) is 3.89. The second-order valence-corrected chi connectivity index (χ2v) is 5.36. The van der Waals surface area contributed by atoms with Crippen LogP contribution < -0.4 is 5.43 Å². The van der Waals surface area contributed by atoms with Crippen LogP contribution in [0.1, 0.15) is 22.0 Å². The average molecular weight is 310 g/mol. The van der Waals surface area contributed by atoms with E-state index in [2.05, 4.69) is 0 Å². The van der Waals surface area contributed by atoms with Gasteiger partial charge in [-0.25, -0.2) is 4.39 Å². The highest BCUT2D eigenvalue weighted by atomic mass is 19.1. The Hall–Kier alpha value is -2.79. The third kappa shape index (κ3) is 2.35. The second kappa shape index (κ2) is 5.14.